The lowest BCUT2D eigenvalue weighted by Crippen LogP contribution is -2.42. The highest BCUT2D eigenvalue weighted by Gasteiger charge is 2.20. The molecular formula is C18H28N2O. The Morgan fingerprint density at radius 1 is 1.19 bits per heavy atom. The van der Waals surface area contributed by atoms with Crippen LogP contribution in [0.1, 0.15) is 51.2 Å². The zero-order valence-corrected chi connectivity index (χ0v) is 13.6. The third-order valence-electron chi connectivity index (χ3n) is 4.34. The van der Waals surface area contributed by atoms with E-state index in [2.05, 4.69) is 45.0 Å². The van der Waals surface area contributed by atoms with Gasteiger partial charge in [-0.25, -0.2) is 0 Å². The molecule has 0 aromatic heterocycles. The van der Waals surface area contributed by atoms with Crippen molar-refractivity contribution in [2.24, 2.45) is 5.73 Å². The number of carbonyl (C=O) groups is 1. The number of nitrogens with two attached hydrogens (primary N) is 1. The number of amides is 1. The zero-order valence-electron chi connectivity index (χ0n) is 13.6. The van der Waals surface area contributed by atoms with Crippen LogP contribution < -0.4 is 5.73 Å². The summed E-state index contributed by atoms with van der Waals surface area (Å²) in [6.07, 6.45) is 3.30. The van der Waals surface area contributed by atoms with E-state index in [0.29, 0.717) is 6.42 Å². The summed E-state index contributed by atoms with van der Waals surface area (Å²) in [6, 6.07) is 8.94. The van der Waals surface area contributed by atoms with Gasteiger partial charge in [0, 0.05) is 25.6 Å². The Hall–Kier alpha value is -1.35. The monoisotopic (exact) mass is 288 g/mol. The van der Waals surface area contributed by atoms with E-state index in [1.165, 1.54) is 11.1 Å². The van der Waals surface area contributed by atoms with E-state index in [1.54, 1.807) is 0 Å². The fourth-order valence-electron chi connectivity index (χ4n) is 2.73. The van der Waals surface area contributed by atoms with Crippen molar-refractivity contribution in [1.29, 1.82) is 0 Å². The van der Waals surface area contributed by atoms with Crippen molar-refractivity contribution in [2.75, 3.05) is 13.1 Å². The van der Waals surface area contributed by atoms with Gasteiger partial charge in [0.15, 0.2) is 0 Å². The molecule has 1 aliphatic rings. The summed E-state index contributed by atoms with van der Waals surface area (Å²) in [5, 5.41) is 0. The zero-order chi connectivity index (χ0) is 15.5. The van der Waals surface area contributed by atoms with E-state index in [0.717, 1.165) is 32.4 Å². The number of benzene rings is 1. The molecule has 0 unspecified atom stereocenters. The summed E-state index contributed by atoms with van der Waals surface area (Å²) in [4.78, 5) is 14.2. The molecule has 1 amide bonds. The van der Waals surface area contributed by atoms with E-state index in [9.17, 15) is 4.79 Å². The van der Waals surface area contributed by atoms with E-state index in [1.807, 2.05) is 4.90 Å². The number of aryl methyl sites for hydroxylation is 1. The van der Waals surface area contributed by atoms with Gasteiger partial charge in [-0.2, -0.15) is 0 Å². The van der Waals surface area contributed by atoms with Crippen LogP contribution in [0.2, 0.25) is 0 Å². The van der Waals surface area contributed by atoms with Gasteiger partial charge in [0.05, 0.1) is 0 Å². The topological polar surface area (TPSA) is 46.3 Å². The first-order chi connectivity index (χ1) is 9.86. The van der Waals surface area contributed by atoms with Gasteiger partial charge in [0.25, 0.3) is 0 Å². The number of hydrogen-bond acceptors (Lipinski definition) is 2. The molecule has 2 rings (SSSR count). The van der Waals surface area contributed by atoms with E-state index in [-0.39, 0.29) is 17.4 Å². The van der Waals surface area contributed by atoms with Crippen LogP contribution in [0.3, 0.4) is 0 Å². The number of rotatable bonds is 3. The van der Waals surface area contributed by atoms with Crippen molar-refractivity contribution in [3.8, 4) is 0 Å². The molecule has 116 valence electrons. The lowest BCUT2D eigenvalue weighted by molar-refractivity contribution is -0.132. The van der Waals surface area contributed by atoms with Crippen molar-refractivity contribution in [2.45, 2.75) is 57.9 Å². The second-order valence-electron chi connectivity index (χ2n) is 7.17. The molecule has 1 heterocycles. The van der Waals surface area contributed by atoms with E-state index >= 15 is 0 Å². The molecule has 1 aromatic carbocycles. The Kier molecular flexibility index (Phi) is 5.04. The molecule has 0 saturated carbocycles. The van der Waals surface area contributed by atoms with Gasteiger partial charge in [0.2, 0.25) is 5.91 Å². The Bertz CT molecular complexity index is 465. The molecular weight excluding hydrogens is 260 g/mol. The molecule has 21 heavy (non-hydrogen) atoms. The maximum absolute atomic E-state index is 12.2. The average Bonchev–Trinajstić information content (AvgIpc) is 2.45. The maximum Gasteiger partial charge on any atom is 0.222 e. The van der Waals surface area contributed by atoms with Crippen molar-refractivity contribution in [3.05, 3.63) is 35.4 Å². The first-order valence-corrected chi connectivity index (χ1v) is 7.99. The average molecular weight is 288 g/mol. The van der Waals surface area contributed by atoms with Crippen molar-refractivity contribution >= 4 is 5.91 Å². The van der Waals surface area contributed by atoms with Gasteiger partial charge in [0.1, 0.15) is 0 Å². The molecule has 1 fully saturated rings. The van der Waals surface area contributed by atoms with Crippen LogP contribution in [0.25, 0.3) is 0 Å². The quantitative estimate of drug-likeness (QED) is 0.929. The van der Waals surface area contributed by atoms with Gasteiger partial charge in [-0.05, 0) is 35.8 Å². The normalized spacial score (nSPS) is 17.0. The summed E-state index contributed by atoms with van der Waals surface area (Å²) in [5.41, 5.74) is 8.63. The fraction of sp³-hybridized carbons (Fsp3) is 0.611. The van der Waals surface area contributed by atoms with Gasteiger partial charge < -0.3 is 10.6 Å². The molecule has 1 aromatic rings. The number of likely N-dealkylation sites (tertiary alicyclic amines) is 1. The first kappa shape index (κ1) is 16.0. The van der Waals surface area contributed by atoms with Crippen LogP contribution in [0.4, 0.5) is 0 Å². The molecule has 0 radical (unpaired) electrons. The maximum atomic E-state index is 12.2. The van der Waals surface area contributed by atoms with Crippen LogP contribution in [0, 0.1) is 0 Å². The molecule has 1 aliphatic heterocycles. The van der Waals surface area contributed by atoms with Gasteiger partial charge in [-0.15, -0.1) is 0 Å². The first-order valence-electron chi connectivity index (χ1n) is 7.99. The second kappa shape index (κ2) is 6.61. The van der Waals surface area contributed by atoms with Crippen LogP contribution in [-0.4, -0.2) is 29.9 Å². The fourth-order valence-corrected chi connectivity index (χ4v) is 2.73. The van der Waals surface area contributed by atoms with Crippen LogP contribution in [0.5, 0.6) is 0 Å². The van der Waals surface area contributed by atoms with Crippen molar-refractivity contribution < 1.29 is 4.79 Å². The lowest BCUT2D eigenvalue weighted by Gasteiger charge is -2.30. The van der Waals surface area contributed by atoms with Gasteiger partial charge in [-0.3, -0.25) is 4.79 Å². The van der Waals surface area contributed by atoms with E-state index in [4.69, 9.17) is 5.73 Å². The van der Waals surface area contributed by atoms with Gasteiger partial charge in [-0.1, -0.05) is 45.0 Å². The minimum atomic E-state index is 0.181. The third-order valence-corrected chi connectivity index (χ3v) is 4.34. The molecule has 0 atom stereocenters. The highest BCUT2D eigenvalue weighted by Crippen LogP contribution is 2.22. The predicted octanol–water partition coefficient (Wildman–Crippen LogP) is 2.87. The number of carbonyl (C=O) groups excluding carboxylic acids is 1. The Morgan fingerprint density at radius 3 is 2.29 bits per heavy atom. The Balaban J connectivity index is 1.84. The van der Waals surface area contributed by atoms with Gasteiger partial charge >= 0.3 is 0 Å². The number of piperidine rings is 1. The van der Waals surface area contributed by atoms with Crippen LogP contribution >= 0.6 is 0 Å². The largest absolute Gasteiger partial charge is 0.343 e. The second-order valence-corrected chi connectivity index (χ2v) is 7.17. The Labute approximate surface area is 128 Å². The summed E-state index contributed by atoms with van der Waals surface area (Å²) < 4.78 is 0. The summed E-state index contributed by atoms with van der Waals surface area (Å²) >= 11 is 0. The molecule has 3 heteroatoms. The SMILES string of the molecule is CC(C)(C)c1ccc(CCC(=O)N2CCC(N)CC2)cc1. The molecule has 2 N–H and O–H groups in total. The summed E-state index contributed by atoms with van der Waals surface area (Å²) in [5.74, 6) is 0.266. The molecule has 0 aliphatic carbocycles. The molecule has 1 saturated heterocycles. The predicted molar refractivity (Wildman–Crippen MR) is 87.3 cm³/mol. The van der Waals surface area contributed by atoms with Crippen molar-refractivity contribution in [3.63, 3.8) is 0 Å². The smallest absolute Gasteiger partial charge is 0.222 e. The van der Waals surface area contributed by atoms with E-state index < -0.39 is 0 Å². The van der Waals surface area contributed by atoms with Crippen molar-refractivity contribution in [1.82, 2.24) is 4.90 Å². The standard InChI is InChI=1S/C18H28N2O/c1-18(2,3)15-7-4-14(5-8-15)6-9-17(21)20-12-10-16(19)11-13-20/h4-5,7-8,16H,6,9-13,19H2,1-3H3. The highest BCUT2D eigenvalue weighted by molar-refractivity contribution is 5.76. The minimum Gasteiger partial charge on any atom is -0.343 e. The lowest BCUT2D eigenvalue weighted by atomic mass is 9.86. The number of hydrogen-bond donors (Lipinski definition) is 1. The molecule has 0 bridgehead atoms. The summed E-state index contributed by atoms with van der Waals surface area (Å²) in [6.45, 7) is 8.29. The summed E-state index contributed by atoms with van der Waals surface area (Å²) in [7, 11) is 0. The highest BCUT2D eigenvalue weighted by atomic mass is 16.2. The number of nitrogens with zero attached hydrogens (tertiary/aromatic N) is 1. The third kappa shape index (κ3) is 4.57. The van der Waals surface area contributed by atoms with Crippen LogP contribution in [0.15, 0.2) is 24.3 Å². The minimum absolute atomic E-state index is 0.181. The van der Waals surface area contributed by atoms with Crippen LogP contribution in [-0.2, 0) is 16.6 Å². The molecule has 0 spiro atoms. The molecule has 3 nitrogen and oxygen atoms in total. The Morgan fingerprint density at radius 2 is 1.76 bits per heavy atom.